The van der Waals surface area contributed by atoms with Crippen LogP contribution in [-0.2, 0) is 6.42 Å². The first-order valence-electron chi connectivity index (χ1n) is 5.07. The summed E-state index contributed by atoms with van der Waals surface area (Å²) in [6.45, 7) is 0. The number of aromatic nitrogens is 2. The summed E-state index contributed by atoms with van der Waals surface area (Å²) in [7, 11) is 0. The molecule has 1 heterocycles. The maximum absolute atomic E-state index is 13.4. The van der Waals surface area contributed by atoms with Gasteiger partial charge >= 0.3 is 0 Å². The predicted molar refractivity (Wildman–Crippen MR) is 53.9 cm³/mol. The molecule has 1 N–H and O–H groups in total. The SMILES string of the molecule is O=c1[nH]c(Cc2c(F)c(F)c(F)c(F)c2F)ncc1F. The van der Waals surface area contributed by atoms with Crippen LogP contribution in [0.15, 0.2) is 11.0 Å². The van der Waals surface area contributed by atoms with Crippen LogP contribution in [0.4, 0.5) is 26.3 Å². The van der Waals surface area contributed by atoms with E-state index in [1.54, 1.807) is 0 Å². The van der Waals surface area contributed by atoms with E-state index in [9.17, 15) is 31.1 Å². The average molecular weight is 294 g/mol. The van der Waals surface area contributed by atoms with Crippen molar-refractivity contribution < 1.29 is 26.3 Å². The van der Waals surface area contributed by atoms with Crippen LogP contribution in [0, 0.1) is 34.9 Å². The Bertz CT molecular complexity index is 713. The van der Waals surface area contributed by atoms with Crippen molar-refractivity contribution in [3.05, 3.63) is 62.8 Å². The number of H-pyrrole nitrogens is 1. The van der Waals surface area contributed by atoms with Gasteiger partial charge in [0.2, 0.25) is 11.6 Å². The van der Waals surface area contributed by atoms with Crippen molar-refractivity contribution in [2.45, 2.75) is 6.42 Å². The highest BCUT2D eigenvalue weighted by atomic mass is 19.2. The minimum absolute atomic E-state index is 0.445. The Morgan fingerprint density at radius 2 is 1.40 bits per heavy atom. The van der Waals surface area contributed by atoms with Gasteiger partial charge in [-0.3, -0.25) is 4.79 Å². The first-order valence-corrected chi connectivity index (χ1v) is 5.07. The molecule has 2 rings (SSSR count). The minimum Gasteiger partial charge on any atom is -0.308 e. The lowest BCUT2D eigenvalue weighted by Gasteiger charge is -2.07. The summed E-state index contributed by atoms with van der Waals surface area (Å²) in [5.74, 6) is -12.3. The Morgan fingerprint density at radius 3 is 1.90 bits per heavy atom. The van der Waals surface area contributed by atoms with Gasteiger partial charge < -0.3 is 4.98 Å². The number of nitrogens with zero attached hydrogens (tertiary/aromatic N) is 1. The van der Waals surface area contributed by atoms with Gasteiger partial charge in [-0.25, -0.2) is 26.9 Å². The van der Waals surface area contributed by atoms with Crippen LogP contribution in [0.25, 0.3) is 0 Å². The highest BCUT2D eigenvalue weighted by Gasteiger charge is 2.26. The molecule has 0 radical (unpaired) electrons. The van der Waals surface area contributed by atoms with Gasteiger partial charge in [0.05, 0.1) is 6.20 Å². The average Bonchev–Trinajstić information content (AvgIpc) is 2.43. The second-order valence-electron chi connectivity index (χ2n) is 3.73. The Morgan fingerprint density at radius 1 is 0.900 bits per heavy atom. The lowest BCUT2D eigenvalue weighted by Crippen LogP contribution is -2.16. The maximum Gasteiger partial charge on any atom is 0.286 e. The molecule has 2 aromatic rings. The van der Waals surface area contributed by atoms with Gasteiger partial charge in [-0.2, -0.15) is 4.39 Å². The van der Waals surface area contributed by atoms with Crippen molar-refractivity contribution in [1.82, 2.24) is 9.97 Å². The molecule has 106 valence electrons. The quantitative estimate of drug-likeness (QED) is 0.524. The van der Waals surface area contributed by atoms with Crippen molar-refractivity contribution in [2.24, 2.45) is 0 Å². The van der Waals surface area contributed by atoms with Gasteiger partial charge in [-0.05, 0) is 0 Å². The van der Waals surface area contributed by atoms with Crippen molar-refractivity contribution in [3.63, 3.8) is 0 Å². The van der Waals surface area contributed by atoms with E-state index in [1.807, 2.05) is 4.98 Å². The molecule has 0 atom stereocenters. The van der Waals surface area contributed by atoms with Crippen LogP contribution in [0.5, 0.6) is 0 Å². The molecule has 0 fully saturated rings. The molecule has 3 nitrogen and oxygen atoms in total. The number of halogens is 6. The lowest BCUT2D eigenvalue weighted by atomic mass is 10.1. The van der Waals surface area contributed by atoms with E-state index >= 15 is 0 Å². The molecular weight excluding hydrogens is 290 g/mol. The molecular formula is C11H4F6N2O. The highest BCUT2D eigenvalue weighted by Crippen LogP contribution is 2.24. The maximum atomic E-state index is 13.4. The molecule has 20 heavy (non-hydrogen) atoms. The van der Waals surface area contributed by atoms with Gasteiger partial charge in [-0.1, -0.05) is 0 Å². The second kappa shape index (κ2) is 4.99. The van der Waals surface area contributed by atoms with Crippen LogP contribution in [0.1, 0.15) is 11.4 Å². The molecule has 9 heteroatoms. The van der Waals surface area contributed by atoms with Gasteiger partial charge in [0.25, 0.3) is 5.56 Å². The normalized spacial score (nSPS) is 10.9. The molecule has 0 unspecified atom stereocenters. The second-order valence-corrected chi connectivity index (χ2v) is 3.73. The van der Waals surface area contributed by atoms with Crippen LogP contribution in [0.2, 0.25) is 0 Å². The van der Waals surface area contributed by atoms with Crippen molar-refractivity contribution in [2.75, 3.05) is 0 Å². The van der Waals surface area contributed by atoms with Crippen LogP contribution in [-0.4, -0.2) is 9.97 Å². The zero-order valence-electron chi connectivity index (χ0n) is 9.41. The number of hydrogen-bond donors (Lipinski definition) is 1. The fraction of sp³-hybridized carbons (Fsp3) is 0.0909. The first kappa shape index (κ1) is 14.1. The molecule has 0 aliphatic rings. The van der Waals surface area contributed by atoms with Gasteiger partial charge in [0, 0.05) is 12.0 Å². The van der Waals surface area contributed by atoms with Crippen molar-refractivity contribution in [1.29, 1.82) is 0 Å². The fourth-order valence-electron chi connectivity index (χ4n) is 1.48. The molecule has 0 aliphatic carbocycles. The molecule has 0 aliphatic heterocycles. The Hall–Kier alpha value is -2.32. The summed E-state index contributed by atoms with van der Waals surface area (Å²) in [6.07, 6.45) is -0.415. The lowest BCUT2D eigenvalue weighted by molar-refractivity contribution is 0.371. The summed E-state index contributed by atoms with van der Waals surface area (Å²) in [5, 5.41) is 0. The largest absolute Gasteiger partial charge is 0.308 e. The van der Waals surface area contributed by atoms with E-state index in [-0.39, 0.29) is 0 Å². The van der Waals surface area contributed by atoms with Crippen LogP contribution in [0.3, 0.4) is 0 Å². The zero-order chi connectivity index (χ0) is 15.0. The smallest absolute Gasteiger partial charge is 0.286 e. The van der Waals surface area contributed by atoms with Crippen molar-refractivity contribution >= 4 is 0 Å². The first-order chi connectivity index (χ1) is 9.32. The number of aromatic amines is 1. The Kier molecular flexibility index (Phi) is 3.51. The van der Waals surface area contributed by atoms with Crippen LogP contribution < -0.4 is 5.56 Å². The third-order valence-corrected chi connectivity index (χ3v) is 2.45. The van der Waals surface area contributed by atoms with E-state index in [0.29, 0.717) is 6.20 Å². The number of benzene rings is 1. The summed E-state index contributed by atoms with van der Waals surface area (Å²) in [5.41, 5.74) is -2.39. The van der Waals surface area contributed by atoms with Gasteiger partial charge in [0.15, 0.2) is 23.3 Å². The standard InChI is InChI=1S/C11H4F6N2O/c12-4-2-18-5(19-11(4)20)1-3-6(13)8(15)10(17)9(16)7(3)14/h2H,1H2,(H,18,19,20). The molecule has 0 amide bonds. The molecule has 0 spiro atoms. The van der Waals surface area contributed by atoms with E-state index in [2.05, 4.69) is 4.98 Å². The number of hydrogen-bond acceptors (Lipinski definition) is 2. The molecule has 0 bridgehead atoms. The van der Waals surface area contributed by atoms with E-state index in [4.69, 9.17) is 0 Å². The van der Waals surface area contributed by atoms with Crippen LogP contribution >= 0.6 is 0 Å². The summed E-state index contributed by atoms with van der Waals surface area (Å²) in [6, 6.07) is 0. The summed E-state index contributed by atoms with van der Waals surface area (Å²) < 4.78 is 78.0. The molecule has 0 saturated carbocycles. The van der Waals surface area contributed by atoms with E-state index < -0.39 is 58.3 Å². The summed E-state index contributed by atoms with van der Waals surface area (Å²) in [4.78, 5) is 16.0. The molecule has 1 aromatic heterocycles. The molecule has 1 aromatic carbocycles. The van der Waals surface area contributed by atoms with Crippen molar-refractivity contribution in [3.8, 4) is 0 Å². The van der Waals surface area contributed by atoms with E-state index in [0.717, 1.165) is 0 Å². The number of nitrogens with one attached hydrogen (secondary N) is 1. The minimum atomic E-state index is -2.29. The fourth-order valence-corrected chi connectivity index (χ4v) is 1.48. The van der Waals surface area contributed by atoms with E-state index in [1.165, 1.54) is 0 Å². The zero-order valence-corrected chi connectivity index (χ0v) is 9.41. The van der Waals surface area contributed by atoms with Gasteiger partial charge in [0.1, 0.15) is 5.82 Å². The topological polar surface area (TPSA) is 45.8 Å². The molecule has 0 saturated heterocycles. The summed E-state index contributed by atoms with van der Waals surface area (Å²) >= 11 is 0. The Labute approximate surface area is 106 Å². The third kappa shape index (κ3) is 2.26. The highest BCUT2D eigenvalue weighted by molar-refractivity contribution is 5.26. The monoisotopic (exact) mass is 294 g/mol. The van der Waals surface area contributed by atoms with Gasteiger partial charge in [-0.15, -0.1) is 0 Å². The predicted octanol–water partition coefficient (Wildman–Crippen LogP) is 2.20. The Balaban J connectivity index is 2.54. The third-order valence-electron chi connectivity index (χ3n) is 2.45. The number of rotatable bonds is 2.